The molecule has 0 bridgehead atoms. The van der Waals surface area contributed by atoms with Crippen LogP contribution in [0.4, 0.5) is 48.3 Å². The Balaban J connectivity index is 0. The molecular formula is C9H12F11NO3S. The van der Waals surface area contributed by atoms with Crippen LogP contribution < -0.4 is 5.32 Å². The molecule has 4 nitrogen and oxygen atoms in total. The lowest BCUT2D eigenvalue weighted by atomic mass is 9.96. The second-order valence-corrected chi connectivity index (χ2v) is 5.92. The van der Waals surface area contributed by atoms with Crippen LogP contribution in [0.25, 0.3) is 0 Å². The summed E-state index contributed by atoms with van der Waals surface area (Å²) in [6.07, 6.45) is -4.19. The molecule has 2 N–H and O–H groups in total. The predicted molar refractivity (Wildman–Crippen MR) is 61.8 cm³/mol. The van der Waals surface area contributed by atoms with Gasteiger partial charge in [0, 0.05) is 0 Å². The van der Waals surface area contributed by atoms with Crippen molar-refractivity contribution in [2.75, 3.05) is 14.1 Å². The van der Waals surface area contributed by atoms with E-state index in [1.54, 1.807) is 0 Å². The Morgan fingerprint density at radius 2 is 1.08 bits per heavy atom. The molecule has 0 saturated heterocycles. The summed E-state index contributed by atoms with van der Waals surface area (Å²) in [6, 6.07) is 0. The fraction of sp³-hybridized carbons (Fsp3) is 1.00. The smallest absolute Gasteiger partial charge is 0.323 e. The van der Waals surface area contributed by atoms with Gasteiger partial charge in [-0.15, -0.1) is 0 Å². The Labute approximate surface area is 134 Å². The fourth-order valence-corrected chi connectivity index (χ4v) is 1.45. The van der Waals surface area contributed by atoms with E-state index in [2.05, 4.69) is 5.32 Å². The minimum absolute atomic E-state index is 0.455. The first kappa shape index (κ1) is 26.3. The number of alkyl halides is 11. The van der Waals surface area contributed by atoms with Crippen LogP contribution in [0.15, 0.2) is 0 Å². The highest BCUT2D eigenvalue weighted by molar-refractivity contribution is 7.87. The summed E-state index contributed by atoms with van der Waals surface area (Å²) >= 11 is 0. The summed E-state index contributed by atoms with van der Waals surface area (Å²) < 4.78 is 167. The maximum Gasteiger partial charge on any atom is 0.438 e. The molecule has 0 amide bonds. The van der Waals surface area contributed by atoms with Gasteiger partial charge in [0.2, 0.25) is 0 Å². The summed E-state index contributed by atoms with van der Waals surface area (Å²) in [5.74, 6) is -29.4. The Morgan fingerprint density at radius 3 is 1.28 bits per heavy atom. The molecule has 0 rings (SSSR count). The summed E-state index contributed by atoms with van der Waals surface area (Å²) in [6.45, 7) is -0.455. The molecule has 0 aromatic carbocycles. The van der Waals surface area contributed by atoms with Crippen molar-refractivity contribution in [3.05, 3.63) is 0 Å². The summed E-state index contributed by atoms with van der Waals surface area (Å²) in [7, 11) is -3.65. The number of hydrogen-bond donors (Lipinski definition) is 2. The summed E-state index contributed by atoms with van der Waals surface area (Å²) in [5.41, 5.74) is 0. The van der Waals surface area contributed by atoms with Gasteiger partial charge in [-0.25, -0.2) is 4.39 Å². The Hall–Kier alpha value is -0.900. The van der Waals surface area contributed by atoms with Crippen LogP contribution in [0.5, 0.6) is 0 Å². The van der Waals surface area contributed by atoms with E-state index in [1.807, 2.05) is 14.1 Å². The summed E-state index contributed by atoms with van der Waals surface area (Å²) in [4.78, 5) is 0. The number of rotatable bonds is 6. The first-order valence-corrected chi connectivity index (χ1v) is 7.13. The number of halogens is 11. The highest BCUT2D eigenvalue weighted by atomic mass is 32.2. The maximum atomic E-state index is 12.9. The second-order valence-electron chi connectivity index (χ2n) is 4.45. The molecule has 1 atom stereocenters. The third kappa shape index (κ3) is 4.10. The van der Waals surface area contributed by atoms with Crippen molar-refractivity contribution in [3.8, 4) is 0 Å². The standard InChI is InChI=1S/C7H5F11O3S.C2H7N/c1-2(8)3(9,10)4(11,12)5(13,14)6(15,16)7(17,18)22(19,20)21;1-3-2/h2H,1H3,(H,19,20,21);3H,1-2H3. The molecule has 0 aromatic heterocycles. The van der Waals surface area contributed by atoms with Crippen molar-refractivity contribution in [2.24, 2.45) is 0 Å². The van der Waals surface area contributed by atoms with Crippen molar-refractivity contribution in [3.63, 3.8) is 0 Å². The molecular weight excluding hydrogens is 411 g/mol. The maximum absolute atomic E-state index is 12.9. The van der Waals surface area contributed by atoms with Gasteiger partial charge in [-0.1, -0.05) is 0 Å². The van der Waals surface area contributed by atoms with Gasteiger partial charge in [0.1, 0.15) is 0 Å². The molecule has 0 fully saturated rings. The topological polar surface area (TPSA) is 66.4 Å². The van der Waals surface area contributed by atoms with Crippen LogP contribution in [-0.2, 0) is 10.1 Å². The molecule has 16 heteroatoms. The van der Waals surface area contributed by atoms with Crippen molar-refractivity contribution < 1.29 is 61.3 Å². The lowest BCUT2D eigenvalue weighted by Crippen LogP contribution is -2.69. The SMILES string of the molecule is CC(F)C(F)(F)C(F)(F)C(F)(F)C(F)(F)C(F)(F)S(=O)(=O)O.CNC. The van der Waals surface area contributed by atoms with Crippen molar-refractivity contribution in [1.82, 2.24) is 5.32 Å². The van der Waals surface area contributed by atoms with E-state index in [0.717, 1.165) is 0 Å². The highest BCUT2D eigenvalue weighted by Crippen LogP contribution is 2.58. The van der Waals surface area contributed by atoms with Crippen LogP contribution in [0, 0.1) is 0 Å². The molecule has 0 radical (unpaired) electrons. The lowest BCUT2D eigenvalue weighted by Gasteiger charge is -2.38. The average molecular weight is 423 g/mol. The zero-order chi connectivity index (χ0) is 21.3. The molecule has 0 aliphatic heterocycles. The highest BCUT2D eigenvalue weighted by Gasteiger charge is 2.89. The van der Waals surface area contributed by atoms with Gasteiger partial charge in [0.15, 0.2) is 6.17 Å². The molecule has 0 spiro atoms. The molecule has 154 valence electrons. The van der Waals surface area contributed by atoms with E-state index in [1.165, 1.54) is 0 Å². The van der Waals surface area contributed by atoms with Gasteiger partial charge in [0.25, 0.3) is 0 Å². The molecule has 0 aliphatic carbocycles. The van der Waals surface area contributed by atoms with Crippen LogP contribution >= 0.6 is 0 Å². The van der Waals surface area contributed by atoms with Crippen LogP contribution in [0.3, 0.4) is 0 Å². The quantitative estimate of drug-likeness (QED) is 0.509. The molecule has 0 heterocycles. The molecule has 0 aromatic rings. The second kappa shape index (κ2) is 7.38. The van der Waals surface area contributed by atoms with E-state index >= 15 is 0 Å². The number of hydrogen-bond acceptors (Lipinski definition) is 3. The Kier molecular flexibility index (Phi) is 7.77. The third-order valence-electron chi connectivity index (χ3n) is 2.40. The Bertz CT molecular complexity index is 547. The largest absolute Gasteiger partial charge is 0.438 e. The van der Waals surface area contributed by atoms with Gasteiger partial charge in [0.05, 0.1) is 0 Å². The van der Waals surface area contributed by atoms with E-state index in [9.17, 15) is 56.7 Å². The zero-order valence-electron chi connectivity index (χ0n) is 12.4. The summed E-state index contributed by atoms with van der Waals surface area (Å²) in [5, 5.41) is -4.51. The molecule has 1 unspecified atom stereocenters. The van der Waals surface area contributed by atoms with Gasteiger partial charge >= 0.3 is 39.1 Å². The first-order chi connectivity index (χ1) is 10.6. The van der Waals surface area contributed by atoms with Crippen molar-refractivity contribution in [1.29, 1.82) is 0 Å². The van der Waals surface area contributed by atoms with Crippen molar-refractivity contribution >= 4 is 10.1 Å². The Morgan fingerprint density at radius 1 is 0.800 bits per heavy atom. The van der Waals surface area contributed by atoms with Gasteiger partial charge < -0.3 is 5.32 Å². The van der Waals surface area contributed by atoms with Crippen LogP contribution in [0.2, 0.25) is 0 Å². The monoisotopic (exact) mass is 423 g/mol. The van der Waals surface area contributed by atoms with Gasteiger partial charge in [-0.05, 0) is 21.0 Å². The average Bonchev–Trinajstić information content (AvgIpc) is 2.36. The molecule has 25 heavy (non-hydrogen) atoms. The fourth-order valence-electron chi connectivity index (χ4n) is 1.00. The van der Waals surface area contributed by atoms with E-state index in [-0.39, 0.29) is 0 Å². The molecule has 0 aliphatic rings. The van der Waals surface area contributed by atoms with E-state index in [0.29, 0.717) is 0 Å². The third-order valence-corrected chi connectivity index (χ3v) is 3.30. The normalized spacial score (nSPS) is 16.1. The van der Waals surface area contributed by atoms with Crippen molar-refractivity contribution in [2.45, 2.75) is 42.0 Å². The van der Waals surface area contributed by atoms with Crippen LogP contribution in [-0.4, -0.2) is 62.2 Å². The predicted octanol–water partition coefficient (Wildman–Crippen LogP) is 3.20. The molecule has 0 saturated carbocycles. The van der Waals surface area contributed by atoms with Crippen LogP contribution in [0.1, 0.15) is 6.92 Å². The zero-order valence-corrected chi connectivity index (χ0v) is 13.2. The minimum atomic E-state index is -7.75. The lowest BCUT2D eigenvalue weighted by molar-refractivity contribution is -0.396. The minimum Gasteiger partial charge on any atom is -0.323 e. The first-order valence-electron chi connectivity index (χ1n) is 5.69. The van der Waals surface area contributed by atoms with Gasteiger partial charge in [-0.2, -0.15) is 52.3 Å². The van der Waals surface area contributed by atoms with E-state index in [4.69, 9.17) is 4.55 Å². The van der Waals surface area contributed by atoms with E-state index < -0.39 is 52.2 Å². The van der Waals surface area contributed by atoms with Gasteiger partial charge in [-0.3, -0.25) is 4.55 Å². The number of nitrogens with one attached hydrogen (secondary N) is 1.